The van der Waals surface area contributed by atoms with E-state index in [-0.39, 0.29) is 5.91 Å². The van der Waals surface area contributed by atoms with Gasteiger partial charge in [-0.2, -0.15) is 4.39 Å². The molecule has 0 fully saturated rings. The van der Waals surface area contributed by atoms with Crippen LogP contribution in [0.25, 0.3) is 0 Å². The lowest BCUT2D eigenvalue weighted by molar-refractivity contribution is 0.0952. The van der Waals surface area contributed by atoms with Crippen LogP contribution >= 0.6 is 0 Å². The van der Waals surface area contributed by atoms with Gasteiger partial charge in [0.05, 0.1) is 5.56 Å². The standard InChI is InChI=1S/C11H15FN2O/c1-2-3-4-7-13-11(15)9-5-6-10(12)14-8-9/h5-6,8H,2-4,7H2,1H3,(H,13,15). The first kappa shape index (κ1) is 11.6. The first-order valence-corrected chi connectivity index (χ1v) is 5.13. The number of rotatable bonds is 5. The Morgan fingerprint density at radius 1 is 1.47 bits per heavy atom. The lowest BCUT2D eigenvalue weighted by atomic mass is 10.2. The number of nitrogens with one attached hydrogen (secondary N) is 1. The Morgan fingerprint density at radius 2 is 2.27 bits per heavy atom. The number of hydrogen-bond donors (Lipinski definition) is 1. The molecule has 1 aromatic heterocycles. The lowest BCUT2D eigenvalue weighted by Gasteiger charge is -2.03. The summed E-state index contributed by atoms with van der Waals surface area (Å²) in [6.45, 7) is 2.76. The molecule has 0 unspecified atom stereocenters. The molecule has 1 N–H and O–H groups in total. The smallest absolute Gasteiger partial charge is 0.252 e. The van der Waals surface area contributed by atoms with E-state index >= 15 is 0 Å². The van der Waals surface area contributed by atoms with Crippen LogP contribution in [0.1, 0.15) is 36.5 Å². The van der Waals surface area contributed by atoms with Gasteiger partial charge in [-0.05, 0) is 18.6 Å². The zero-order valence-electron chi connectivity index (χ0n) is 8.79. The van der Waals surface area contributed by atoms with Crippen LogP contribution in [0, 0.1) is 5.95 Å². The van der Waals surface area contributed by atoms with Crippen molar-refractivity contribution >= 4 is 5.91 Å². The van der Waals surface area contributed by atoms with Crippen LogP contribution in [-0.4, -0.2) is 17.4 Å². The number of aromatic nitrogens is 1. The van der Waals surface area contributed by atoms with Crippen molar-refractivity contribution in [3.8, 4) is 0 Å². The molecule has 0 bridgehead atoms. The first-order valence-electron chi connectivity index (χ1n) is 5.13. The van der Waals surface area contributed by atoms with Gasteiger partial charge in [0.15, 0.2) is 0 Å². The summed E-state index contributed by atoms with van der Waals surface area (Å²) in [5.74, 6) is -0.767. The maximum absolute atomic E-state index is 12.5. The zero-order valence-corrected chi connectivity index (χ0v) is 8.79. The van der Waals surface area contributed by atoms with E-state index in [1.807, 2.05) is 0 Å². The Morgan fingerprint density at radius 3 is 2.87 bits per heavy atom. The number of nitrogens with zero attached hydrogens (tertiary/aromatic N) is 1. The van der Waals surface area contributed by atoms with E-state index in [2.05, 4.69) is 17.2 Å². The monoisotopic (exact) mass is 210 g/mol. The molecule has 4 heteroatoms. The van der Waals surface area contributed by atoms with Gasteiger partial charge >= 0.3 is 0 Å². The summed E-state index contributed by atoms with van der Waals surface area (Å²) in [7, 11) is 0. The van der Waals surface area contributed by atoms with Crippen LogP contribution in [0.3, 0.4) is 0 Å². The molecule has 0 aromatic carbocycles. The largest absolute Gasteiger partial charge is 0.352 e. The second-order valence-electron chi connectivity index (χ2n) is 3.33. The van der Waals surface area contributed by atoms with Gasteiger partial charge in [0, 0.05) is 12.7 Å². The Labute approximate surface area is 88.7 Å². The molecule has 0 saturated heterocycles. The van der Waals surface area contributed by atoms with Gasteiger partial charge in [0.2, 0.25) is 5.95 Å². The Balaban J connectivity index is 2.37. The summed E-state index contributed by atoms with van der Waals surface area (Å²) in [6.07, 6.45) is 4.43. The maximum atomic E-state index is 12.5. The van der Waals surface area contributed by atoms with Crippen LogP contribution in [-0.2, 0) is 0 Å². The van der Waals surface area contributed by atoms with Crippen molar-refractivity contribution in [2.75, 3.05) is 6.54 Å². The number of amides is 1. The predicted molar refractivity (Wildman–Crippen MR) is 56.1 cm³/mol. The molecule has 0 spiro atoms. The van der Waals surface area contributed by atoms with Crippen LogP contribution < -0.4 is 5.32 Å². The van der Waals surface area contributed by atoms with Gasteiger partial charge in [-0.25, -0.2) is 4.98 Å². The van der Waals surface area contributed by atoms with E-state index in [1.165, 1.54) is 18.3 Å². The highest BCUT2D eigenvalue weighted by molar-refractivity contribution is 5.93. The van der Waals surface area contributed by atoms with E-state index in [1.54, 1.807) is 0 Å². The van der Waals surface area contributed by atoms with E-state index in [0.717, 1.165) is 19.3 Å². The second-order valence-corrected chi connectivity index (χ2v) is 3.33. The third-order valence-corrected chi connectivity index (χ3v) is 2.06. The number of carbonyl (C=O) groups is 1. The van der Waals surface area contributed by atoms with Crippen LogP contribution in [0.15, 0.2) is 18.3 Å². The highest BCUT2D eigenvalue weighted by atomic mass is 19.1. The number of unbranched alkanes of at least 4 members (excludes halogenated alkanes) is 2. The van der Waals surface area contributed by atoms with Gasteiger partial charge in [-0.15, -0.1) is 0 Å². The predicted octanol–water partition coefficient (Wildman–Crippen LogP) is 2.14. The summed E-state index contributed by atoms with van der Waals surface area (Å²) in [6, 6.07) is 2.61. The van der Waals surface area contributed by atoms with Crippen LogP contribution in [0.4, 0.5) is 4.39 Å². The molecule has 82 valence electrons. The van der Waals surface area contributed by atoms with Crippen LogP contribution in [0.5, 0.6) is 0 Å². The molecule has 0 aliphatic carbocycles. The fourth-order valence-corrected chi connectivity index (χ4v) is 1.19. The number of halogens is 1. The molecule has 1 amide bonds. The zero-order chi connectivity index (χ0) is 11.1. The quantitative estimate of drug-likeness (QED) is 0.597. The van der Waals surface area contributed by atoms with Crippen molar-refractivity contribution in [2.24, 2.45) is 0 Å². The summed E-state index contributed by atoms with van der Waals surface area (Å²) < 4.78 is 12.5. The molecule has 0 aliphatic heterocycles. The Kier molecular flexibility index (Phi) is 4.74. The van der Waals surface area contributed by atoms with E-state index < -0.39 is 5.95 Å². The van der Waals surface area contributed by atoms with Gasteiger partial charge in [0.25, 0.3) is 5.91 Å². The van der Waals surface area contributed by atoms with Gasteiger partial charge in [-0.3, -0.25) is 4.79 Å². The van der Waals surface area contributed by atoms with Crippen molar-refractivity contribution in [2.45, 2.75) is 26.2 Å². The second kappa shape index (κ2) is 6.11. The lowest BCUT2D eigenvalue weighted by Crippen LogP contribution is -2.24. The minimum Gasteiger partial charge on any atom is -0.352 e. The van der Waals surface area contributed by atoms with Crippen molar-refractivity contribution in [1.29, 1.82) is 0 Å². The molecular formula is C11H15FN2O. The summed E-state index contributed by atoms with van der Waals surface area (Å²) in [5.41, 5.74) is 0.396. The molecule has 1 rings (SSSR count). The molecular weight excluding hydrogens is 195 g/mol. The normalized spacial score (nSPS) is 10.0. The number of pyridine rings is 1. The van der Waals surface area contributed by atoms with Crippen molar-refractivity contribution in [1.82, 2.24) is 10.3 Å². The molecule has 1 heterocycles. The van der Waals surface area contributed by atoms with Crippen molar-refractivity contribution in [3.63, 3.8) is 0 Å². The van der Waals surface area contributed by atoms with E-state index in [0.29, 0.717) is 12.1 Å². The molecule has 0 radical (unpaired) electrons. The summed E-state index contributed by atoms with van der Waals surface area (Å²) in [5, 5.41) is 2.75. The van der Waals surface area contributed by atoms with Gasteiger partial charge in [0.1, 0.15) is 0 Å². The Hall–Kier alpha value is -1.45. The number of hydrogen-bond acceptors (Lipinski definition) is 2. The van der Waals surface area contributed by atoms with Gasteiger partial charge in [-0.1, -0.05) is 19.8 Å². The van der Waals surface area contributed by atoms with Crippen molar-refractivity contribution in [3.05, 3.63) is 29.8 Å². The third kappa shape index (κ3) is 4.06. The molecule has 15 heavy (non-hydrogen) atoms. The average Bonchev–Trinajstić information content (AvgIpc) is 2.25. The highest BCUT2D eigenvalue weighted by Crippen LogP contribution is 1.99. The Bertz CT molecular complexity index is 311. The minimum atomic E-state index is -0.572. The molecule has 0 aliphatic rings. The topological polar surface area (TPSA) is 42.0 Å². The fourth-order valence-electron chi connectivity index (χ4n) is 1.19. The molecule has 1 aromatic rings. The minimum absolute atomic E-state index is 0.196. The fraction of sp³-hybridized carbons (Fsp3) is 0.455. The SMILES string of the molecule is CCCCCNC(=O)c1ccc(F)nc1. The summed E-state index contributed by atoms with van der Waals surface area (Å²) in [4.78, 5) is 14.9. The van der Waals surface area contributed by atoms with E-state index in [9.17, 15) is 9.18 Å². The molecule has 0 atom stereocenters. The third-order valence-electron chi connectivity index (χ3n) is 2.06. The first-order chi connectivity index (χ1) is 7.24. The highest BCUT2D eigenvalue weighted by Gasteiger charge is 2.04. The molecule has 0 saturated carbocycles. The van der Waals surface area contributed by atoms with Gasteiger partial charge < -0.3 is 5.32 Å². The number of carbonyl (C=O) groups excluding carboxylic acids is 1. The molecule has 3 nitrogen and oxygen atoms in total. The average molecular weight is 210 g/mol. The van der Waals surface area contributed by atoms with Crippen molar-refractivity contribution < 1.29 is 9.18 Å². The summed E-state index contributed by atoms with van der Waals surface area (Å²) >= 11 is 0. The van der Waals surface area contributed by atoms with Crippen LogP contribution in [0.2, 0.25) is 0 Å². The maximum Gasteiger partial charge on any atom is 0.252 e. The van der Waals surface area contributed by atoms with E-state index in [4.69, 9.17) is 0 Å².